The number of fused-ring (bicyclic) bond motifs is 1. The molecular weight excluding hydrogens is 364 g/mol. The number of rotatable bonds is 8. The van der Waals surface area contributed by atoms with Gasteiger partial charge in [-0.1, -0.05) is 37.3 Å². The molecule has 0 fully saturated rings. The predicted octanol–water partition coefficient (Wildman–Crippen LogP) is 3.75. The van der Waals surface area contributed by atoms with Crippen LogP contribution in [-0.2, 0) is 22.6 Å². The van der Waals surface area contributed by atoms with E-state index in [9.17, 15) is 9.59 Å². The highest BCUT2D eigenvalue weighted by molar-refractivity contribution is 5.93. The van der Waals surface area contributed by atoms with E-state index in [0.29, 0.717) is 19.4 Å². The van der Waals surface area contributed by atoms with E-state index in [0.717, 1.165) is 40.1 Å². The number of para-hydroxylation sites is 3. The van der Waals surface area contributed by atoms with Gasteiger partial charge in [-0.05, 0) is 43.5 Å². The molecule has 1 heterocycles. The van der Waals surface area contributed by atoms with Gasteiger partial charge >= 0.3 is 0 Å². The highest BCUT2D eigenvalue weighted by Crippen LogP contribution is 2.21. The molecule has 0 saturated carbocycles. The van der Waals surface area contributed by atoms with Gasteiger partial charge in [-0.3, -0.25) is 9.59 Å². The molecule has 2 amide bonds. The molecule has 0 unspecified atom stereocenters. The number of imidazole rings is 1. The monoisotopic (exact) mass is 392 g/mol. The number of anilines is 1. The third-order valence-electron chi connectivity index (χ3n) is 5.00. The van der Waals surface area contributed by atoms with Gasteiger partial charge in [-0.15, -0.1) is 0 Å². The second-order valence-electron chi connectivity index (χ2n) is 7.22. The van der Waals surface area contributed by atoms with E-state index < -0.39 is 0 Å². The maximum Gasteiger partial charge on any atom is 0.244 e. The lowest BCUT2D eigenvalue weighted by atomic mass is 10.1. The van der Waals surface area contributed by atoms with Crippen molar-refractivity contribution in [3.8, 4) is 0 Å². The summed E-state index contributed by atoms with van der Waals surface area (Å²) >= 11 is 0. The molecular formula is C23H28N4O2. The Bertz CT molecular complexity index is 1000. The Hall–Kier alpha value is -3.15. The van der Waals surface area contributed by atoms with Crippen molar-refractivity contribution in [3.63, 3.8) is 0 Å². The minimum absolute atomic E-state index is 0.0477. The molecule has 0 aliphatic rings. The van der Waals surface area contributed by atoms with Gasteiger partial charge in [-0.2, -0.15) is 0 Å². The van der Waals surface area contributed by atoms with Crippen LogP contribution in [0.1, 0.15) is 36.7 Å². The third kappa shape index (κ3) is 5.02. The van der Waals surface area contributed by atoms with Crippen LogP contribution in [0, 0.1) is 13.8 Å². The van der Waals surface area contributed by atoms with Crippen molar-refractivity contribution in [2.75, 3.05) is 11.9 Å². The Morgan fingerprint density at radius 1 is 1.00 bits per heavy atom. The second kappa shape index (κ2) is 9.37. The molecule has 0 radical (unpaired) electrons. The van der Waals surface area contributed by atoms with Gasteiger partial charge in [0.2, 0.25) is 11.8 Å². The Labute approximate surface area is 171 Å². The first-order chi connectivity index (χ1) is 14.0. The average Bonchev–Trinajstić information content (AvgIpc) is 3.05. The van der Waals surface area contributed by atoms with Crippen LogP contribution in [-0.4, -0.2) is 27.9 Å². The van der Waals surface area contributed by atoms with Crippen LogP contribution in [0.15, 0.2) is 42.5 Å². The molecule has 0 aliphatic heterocycles. The molecule has 3 rings (SSSR count). The van der Waals surface area contributed by atoms with Gasteiger partial charge in [0, 0.05) is 25.1 Å². The maximum atomic E-state index is 12.8. The Morgan fingerprint density at radius 3 is 2.45 bits per heavy atom. The minimum Gasteiger partial charge on any atom is -0.356 e. The van der Waals surface area contributed by atoms with Crippen LogP contribution in [0.4, 0.5) is 5.69 Å². The molecule has 0 saturated heterocycles. The number of aryl methyl sites for hydroxylation is 3. The van der Waals surface area contributed by atoms with Crippen LogP contribution in [0.25, 0.3) is 11.0 Å². The summed E-state index contributed by atoms with van der Waals surface area (Å²) in [5.41, 5.74) is 4.77. The second-order valence-corrected chi connectivity index (χ2v) is 7.22. The van der Waals surface area contributed by atoms with Gasteiger partial charge in [-0.25, -0.2) is 4.98 Å². The number of benzene rings is 2. The van der Waals surface area contributed by atoms with E-state index in [1.54, 1.807) is 0 Å². The molecule has 0 bridgehead atoms. The van der Waals surface area contributed by atoms with Gasteiger partial charge in [0.05, 0.1) is 11.0 Å². The molecule has 0 spiro atoms. The predicted molar refractivity (Wildman–Crippen MR) is 116 cm³/mol. The fourth-order valence-corrected chi connectivity index (χ4v) is 3.43. The quantitative estimate of drug-likeness (QED) is 0.573. The Balaban J connectivity index is 1.76. The van der Waals surface area contributed by atoms with Crippen molar-refractivity contribution < 1.29 is 9.59 Å². The number of aromatic nitrogens is 2. The normalized spacial score (nSPS) is 10.9. The van der Waals surface area contributed by atoms with Crippen LogP contribution >= 0.6 is 0 Å². The maximum absolute atomic E-state index is 12.8. The summed E-state index contributed by atoms with van der Waals surface area (Å²) in [4.78, 5) is 29.0. The summed E-state index contributed by atoms with van der Waals surface area (Å²) in [7, 11) is 0. The number of carbonyl (C=O) groups excluding carboxylic acids is 2. The van der Waals surface area contributed by atoms with Crippen molar-refractivity contribution in [1.82, 2.24) is 14.9 Å². The number of hydrogen-bond donors (Lipinski definition) is 2. The Morgan fingerprint density at radius 2 is 1.72 bits per heavy atom. The van der Waals surface area contributed by atoms with E-state index in [2.05, 4.69) is 10.6 Å². The van der Waals surface area contributed by atoms with E-state index >= 15 is 0 Å². The molecule has 2 aromatic carbocycles. The van der Waals surface area contributed by atoms with Crippen molar-refractivity contribution in [2.45, 2.75) is 46.6 Å². The van der Waals surface area contributed by atoms with Crippen LogP contribution in [0.5, 0.6) is 0 Å². The van der Waals surface area contributed by atoms with Crippen LogP contribution in [0.2, 0.25) is 0 Å². The van der Waals surface area contributed by atoms with Crippen molar-refractivity contribution in [2.24, 2.45) is 0 Å². The zero-order valence-corrected chi connectivity index (χ0v) is 17.3. The van der Waals surface area contributed by atoms with E-state index in [4.69, 9.17) is 4.98 Å². The SMILES string of the molecule is CCC(=O)NCCCc1nc2ccccc2n1CC(=O)Nc1c(C)cccc1C. The topological polar surface area (TPSA) is 76.0 Å². The first kappa shape index (κ1) is 20.6. The summed E-state index contributed by atoms with van der Waals surface area (Å²) in [6.45, 7) is 6.62. The molecule has 6 heteroatoms. The number of amides is 2. The summed E-state index contributed by atoms with van der Waals surface area (Å²) in [6, 6.07) is 13.8. The summed E-state index contributed by atoms with van der Waals surface area (Å²) < 4.78 is 1.97. The first-order valence-corrected chi connectivity index (χ1v) is 10.1. The van der Waals surface area contributed by atoms with Crippen LogP contribution < -0.4 is 10.6 Å². The lowest BCUT2D eigenvalue weighted by molar-refractivity contribution is -0.120. The third-order valence-corrected chi connectivity index (χ3v) is 5.00. The highest BCUT2D eigenvalue weighted by atomic mass is 16.2. The van der Waals surface area contributed by atoms with Crippen LogP contribution in [0.3, 0.4) is 0 Å². The standard InChI is InChI=1S/C23H28N4O2/c1-4-21(28)24-14-8-13-20-25-18-11-5-6-12-19(18)27(20)15-22(29)26-23-16(2)9-7-10-17(23)3/h5-7,9-12H,4,8,13-15H2,1-3H3,(H,24,28)(H,26,29). The molecule has 29 heavy (non-hydrogen) atoms. The molecule has 152 valence electrons. The van der Waals surface area contributed by atoms with Gasteiger partial charge in [0.1, 0.15) is 12.4 Å². The minimum atomic E-state index is -0.0777. The summed E-state index contributed by atoms with van der Waals surface area (Å²) in [5.74, 6) is 0.825. The molecule has 0 aliphatic carbocycles. The molecule has 3 aromatic rings. The van der Waals surface area contributed by atoms with Crippen molar-refractivity contribution >= 4 is 28.5 Å². The van der Waals surface area contributed by atoms with E-state index in [-0.39, 0.29) is 18.4 Å². The van der Waals surface area contributed by atoms with Gasteiger partial charge in [0.25, 0.3) is 0 Å². The summed E-state index contributed by atoms with van der Waals surface area (Å²) in [5, 5.41) is 5.94. The number of nitrogens with zero attached hydrogens (tertiary/aromatic N) is 2. The zero-order valence-electron chi connectivity index (χ0n) is 17.3. The number of hydrogen-bond acceptors (Lipinski definition) is 3. The van der Waals surface area contributed by atoms with Gasteiger partial charge in [0.15, 0.2) is 0 Å². The fraction of sp³-hybridized carbons (Fsp3) is 0.348. The molecule has 1 aromatic heterocycles. The summed E-state index contributed by atoms with van der Waals surface area (Å²) in [6.07, 6.45) is 1.94. The fourth-order valence-electron chi connectivity index (χ4n) is 3.43. The average molecular weight is 393 g/mol. The molecule has 0 atom stereocenters. The zero-order chi connectivity index (χ0) is 20.8. The highest BCUT2D eigenvalue weighted by Gasteiger charge is 2.15. The number of carbonyl (C=O) groups is 2. The van der Waals surface area contributed by atoms with Crippen molar-refractivity contribution in [1.29, 1.82) is 0 Å². The first-order valence-electron chi connectivity index (χ1n) is 10.1. The lowest BCUT2D eigenvalue weighted by Gasteiger charge is -2.13. The Kier molecular flexibility index (Phi) is 6.65. The number of nitrogens with one attached hydrogen (secondary N) is 2. The molecule has 2 N–H and O–H groups in total. The van der Waals surface area contributed by atoms with E-state index in [1.807, 2.05) is 67.8 Å². The molecule has 6 nitrogen and oxygen atoms in total. The largest absolute Gasteiger partial charge is 0.356 e. The van der Waals surface area contributed by atoms with Crippen molar-refractivity contribution in [3.05, 3.63) is 59.4 Å². The van der Waals surface area contributed by atoms with E-state index in [1.165, 1.54) is 0 Å². The lowest BCUT2D eigenvalue weighted by Crippen LogP contribution is -2.24. The van der Waals surface area contributed by atoms with Gasteiger partial charge < -0.3 is 15.2 Å². The smallest absolute Gasteiger partial charge is 0.244 e.